The predicted octanol–water partition coefficient (Wildman–Crippen LogP) is 4.47. The molecular weight excluding hydrogens is 416 g/mol. The second-order valence-electron chi connectivity index (χ2n) is 9.72. The van der Waals surface area contributed by atoms with Crippen molar-refractivity contribution < 1.29 is 14.3 Å². The van der Waals surface area contributed by atoms with Crippen molar-refractivity contribution >= 4 is 23.0 Å². The molecule has 0 spiro atoms. The molecule has 0 bridgehead atoms. The molecule has 1 aromatic heterocycles. The Bertz CT molecular complexity index is 1160. The van der Waals surface area contributed by atoms with Crippen molar-refractivity contribution in [2.45, 2.75) is 52.3 Å². The maximum absolute atomic E-state index is 13.1. The third-order valence-corrected chi connectivity index (χ3v) is 6.07. The Labute approximate surface area is 195 Å². The lowest BCUT2D eigenvalue weighted by Gasteiger charge is -2.27. The van der Waals surface area contributed by atoms with Gasteiger partial charge < -0.3 is 19.1 Å². The van der Waals surface area contributed by atoms with Crippen LogP contribution < -0.4 is 0 Å². The SMILES string of the molecule is Cc1nc2ccccc2n1Cc1ccc(C(=O)N(C)C2CCN(C(=O)OC(C)(C)C)C2)cc1. The first-order valence-corrected chi connectivity index (χ1v) is 11.4. The number of nitrogens with zero attached hydrogens (tertiary/aromatic N) is 4. The van der Waals surface area contributed by atoms with E-state index in [1.807, 2.05) is 70.2 Å². The first-order chi connectivity index (χ1) is 15.6. The average molecular weight is 449 g/mol. The third-order valence-electron chi connectivity index (χ3n) is 6.07. The van der Waals surface area contributed by atoms with Crippen LogP contribution >= 0.6 is 0 Å². The number of imidazole rings is 1. The largest absolute Gasteiger partial charge is 0.444 e. The molecule has 1 aliphatic rings. The fraction of sp³-hybridized carbons (Fsp3) is 0.423. The number of likely N-dealkylation sites (tertiary alicyclic amines) is 1. The topological polar surface area (TPSA) is 67.7 Å². The zero-order valence-corrected chi connectivity index (χ0v) is 20.0. The van der Waals surface area contributed by atoms with Crippen LogP contribution in [0.25, 0.3) is 11.0 Å². The molecule has 0 radical (unpaired) electrons. The van der Waals surface area contributed by atoms with Crippen LogP contribution in [0.3, 0.4) is 0 Å². The standard InChI is InChI=1S/C26H32N4O3/c1-18-27-22-8-6-7-9-23(22)30(18)16-19-10-12-20(13-11-19)24(31)28(5)21-14-15-29(17-21)25(32)33-26(2,3)4/h6-13,21H,14-17H2,1-5H3. The van der Waals surface area contributed by atoms with Gasteiger partial charge in [0.15, 0.2) is 0 Å². The summed E-state index contributed by atoms with van der Waals surface area (Å²) in [5, 5.41) is 0. The molecule has 1 fully saturated rings. The summed E-state index contributed by atoms with van der Waals surface area (Å²) in [5.74, 6) is 0.925. The van der Waals surface area contributed by atoms with Gasteiger partial charge in [0.25, 0.3) is 5.91 Å². The van der Waals surface area contributed by atoms with E-state index < -0.39 is 5.60 Å². The Morgan fingerprint density at radius 2 is 1.82 bits per heavy atom. The van der Waals surface area contributed by atoms with E-state index in [2.05, 4.69) is 15.6 Å². The van der Waals surface area contributed by atoms with Crippen molar-refractivity contribution in [3.63, 3.8) is 0 Å². The predicted molar refractivity (Wildman–Crippen MR) is 128 cm³/mol. The maximum atomic E-state index is 13.1. The number of carbonyl (C=O) groups is 2. The van der Waals surface area contributed by atoms with Gasteiger partial charge in [-0.1, -0.05) is 24.3 Å². The van der Waals surface area contributed by atoms with Gasteiger partial charge in [0, 0.05) is 32.2 Å². The van der Waals surface area contributed by atoms with Crippen LogP contribution in [-0.2, 0) is 11.3 Å². The minimum atomic E-state index is -0.528. The maximum Gasteiger partial charge on any atom is 0.410 e. The van der Waals surface area contributed by atoms with Crippen LogP contribution in [0, 0.1) is 6.92 Å². The van der Waals surface area contributed by atoms with Crippen molar-refractivity contribution in [2.24, 2.45) is 0 Å². The molecule has 7 nitrogen and oxygen atoms in total. The van der Waals surface area contributed by atoms with Gasteiger partial charge in [0.1, 0.15) is 11.4 Å². The van der Waals surface area contributed by atoms with Gasteiger partial charge in [-0.2, -0.15) is 0 Å². The number of hydrogen-bond acceptors (Lipinski definition) is 4. The van der Waals surface area contributed by atoms with E-state index in [9.17, 15) is 9.59 Å². The zero-order chi connectivity index (χ0) is 23.8. The molecule has 1 aliphatic heterocycles. The highest BCUT2D eigenvalue weighted by Crippen LogP contribution is 2.21. The zero-order valence-electron chi connectivity index (χ0n) is 20.0. The Balaban J connectivity index is 1.40. The van der Waals surface area contributed by atoms with E-state index in [4.69, 9.17) is 4.74 Å². The number of para-hydroxylation sites is 2. The highest BCUT2D eigenvalue weighted by atomic mass is 16.6. The van der Waals surface area contributed by atoms with Gasteiger partial charge in [-0.15, -0.1) is 0 Å². The normalized spacial score (nSPS) is 16.3. The minimum Gasteiger partial charge on any atom is -0.444 e. The summed E-state index contributed by atoms with van der Waals surface area (Å²) in [6, 6.07) is 15.8. The van der Waals surface area contributed by atoms with E-state index in [1.165, 1.54) is 0 Å². The number of carbonyl (C=O) groups excluding carboxylic acids is 2. The van der Waals surface area contributed by atoms with Crippen LogP contribution in [0.15, 0.2) is 48.5 Å². The molecule has 0 saturated carbocycles. The fourth-order valence-corrected chi connectivity index (χ4v) is 4.25. The summed E-state index contributed by atoms with van der Waals surface area (Å²) in [6.45, 7) is 9.35. The summed E-state index contributed by atoms with van der Waals surface area (Å²) in [4.78, 5) is 33.5. The lowest BCUT2D eigenvalue weighted by Crippen LogP contribution is -2.41. The Morgan fingerprint density at radius 3 is 2.52 bits per heavy atom. The molecule has 7 heteroatoms. The van der Waals surface area contributed by atoms with Crippen molar-refractivity contribution in [3.05, 3.63) is 65.5 Å². The first-order valence-electron chi connectivity index (χ1n) is 11.4. The van der Waals surface area contributed by atoms with Gasteiger partial charge in [-0.05, 0) is 63.9 Å². The number of likely N-dealkylation sites (N-methyl/N-ethyl adjacent to an activating group) is 1. The summed E-state index contributed by atoms with van der Waals surface area (Å²) in [6.07, 6.45) is 0.421. The lowest BCUT2D eigenvalue weighted by molar-refractivity contribution is 0.0279. The molecule has 3 aromatic rings. The molecule has 2 amide bonds. The number of fused-ring (bicyclic) bond motifs is 1. The lowest BCUT2D eigenvalue weighted by atomic mass is 10.1. The van der Waals surface area contributed by atoms with Gasteiger partial charge in [-0.3, -0.25) is 4.79 Å². The number of rotatable bonds is 4. The molecule has 1 atom stereocenters. The Hall–Kier alpha value is -3.35. The van der Waals surface area contributed by atoms with Crippen LogP contribution in [-0.4, -0.2) is 63.1 Å². The molecule has 1 unspecified atom stereocenters. The van der Waals surface area contributed by atoms with Crippen molar-refractivity contribution in [1.29, 1.82) is 0 Å². The monoisotopic (exact) mass is 448 g/mol. The van der Waals surface area contributed by atoms with Crippen molar-refractivity contribution in [3.8, 4) is 0 Å². The van der Waals surface area contributed by atoms with E-state index >= 15 is 0 Å². The van der Waals surface area contributed by atoms with Gasteiger partial charge >= 0.3 is 6.09 Å². The van der Waals surface area contributed by atoms with E-state index in [-0.39, 0.29) is 18.0 Å². The summed E-state index contributed by atoms with van der Waals surface area (Å²) < 4.78 is 7.65. The molecule has 0 N–H and O–H groups in total. The number of benzene rings is 2. The van der Waals surface area contributed by atoms with Crippen molar-refractivity contribution in [1.82, 2.24) is 19.4 Å². The highest BCUT2D eigenvalue weighted by molar-refractivity contribution is 5.94. The summed E-state index contributed by atoms with van der Waals surface area (Å²) in [7, 11) is 1.81. The number of aryl methyl sites for hydroxylation is 1. The summed E-state index contributed by atoms with van der Waals surface area (Å²) >= 11 is 0. The fourth-order valence-electron chi connectivity index (χ4n) is 4.25. The van der Waals surface area contributed by atoms with Gasteiger partial charge in [-0.25, -0.2) is 9.78 Å². The molecule has 1 saturated heterocycles. The summed E-state index contributed by atoms with van der Waals surface area (Å²) in [5.41, 5.74) is 3.31. The average Bonchev–Trinajstić information content (AvgIpc) is 3.38. The van der Waals surface area contributed by atoms with Crippen LogP contribution in [0.4, 0.5) is 4.79 Å². The molecule has 0 aliphatic carbocycles. The number of amides is 2. The quantitative estimate of drug-likeness (QED) is 0.590. The van der Waals surface area contributed by atoms with Crippen molar-refractivity contribution in [2.75, 3.05) is 20.1 Å². The van der Waals surface area contributed by atoms with Crippen LogP contribution in [0.2, 0.25) is 0 Å². The molecule has 4 rings (SSSR count). The number of ether oxygens (including phenoxy) is 1. The molecule has 2 heterocycles. The molecule has 33 heavy (non-hydrogen) atoms. The van der Waals surface area contributed by atoms with Crippen LogP contribution in [0.1, 0.15) is 48.9 Å². The Morgan fingerprint density at radius 1 is 1.12 bits per heavy atom. The van der Waals surface area contributed by atoms with Gasteiger partial charge in [0.05, 0.1) is 17.1 Å². The van der Waals surface area contributed by atoms with Crippen LogP contribution in [0.5, 0.6) is 0 Å². The van der Waals surface area contributed by atoms with E-state index in [1.54, 1.807) is 16.8 Å². The number of hydrogen-bond donors (Lipinski definition) is 0. The third kappa shape index (κ3) is 5.02. The molecular formula is C26H32N4O3. The molecule has 174 valence electrons. The second-order valence-corrected chi connectivity index (χ2v) is 9.72. The molecule has 2 aromatic carbocycles. The number of aromatic nitrogens is 2. The van der Waals surface area contributed by atoms with E-state index in [0.717, 1.165) is 28.8 Å². The minimum absolute atomic E-state index is 0.0235. The van der Waals surface area contributed by atoms with Gasteiger partial charge in [0.2, 0.25) is 0 Å². The van der Waals surface area contributed by atoms with E-state index in [0.29, 0.717) is 25.2 Å². The smallest absolute Gasteiger partial charge is 0.410 e. The second kappa shape index (κ2) is 8.89. The highest BCUT2D eigenvalue weighted by Gasteiger charge is 2.33. The Kier molecular flexibility index (Phi) is 6.15. The first kappa shape index (κ1) is 22.8.